The minimum Gasteiger partial charge on any atom is -0.461 e. The van der Waals surface area contributed by atoms with Crippen molar-refractivity contribution in [3.8, 4) is 0 Å². The minimum atomic E-state index is -0.0657. The molecule has 0 atom stereocenters. The molecule has 0 spiro atoms. The van der Waals surface area contributed by atoms with Gasteiger partial charge in [0.15, 0.2) is 0 Å². The maximum Gasteiger partial charge on any atom is 0.306 e. The van der Waals surface area contributed by atoms with Gasteiger partial charge in [0.1, 0.15) is 13.2 Å². The topological polar surface area (TPSA) is 76.1 Å². The van der Waals surface area contributed by atoms with Crippen LogP contribution in [0.4, 0.5) is 0 Å². The second-order valence-corrected chi connectivity index (χ2v) is 18.1. The summed E-state index contributed by atoms with van der Waals surface area (Å²) < 4.78 is 10.9. The molecule has 7 heteroatoms. The van der Waals surface area contributed by atoms with Crippen molar-refractivity contribution in [2.24, 2.45) is 23.7 Å². The second kappa shape index (κ2) is 34.7. The van der Waals surface area contributed by atoms with E-state index in [1.54, 1.807) is 0 Å². The van der Waals surface area contributed by atoms with Crippen molar-refractivity contribution in [1.82, 2.24) is 9.80 Å². The van der Waals surface area contributed by atoms with Gasteiger partial charge >= 0.3 is 11.9 Å². The monoisotopic (exact) mass is 799 g/mol. The van der Waals surface area contributed by atoms with Crippen molar-refractivity contribution in [2.75, 3.05) is 46.9 Å². The number of allylic oxidation sites excluding steroid dienone is 2. The lowest BCUT2D eigenvalue weighted by atomic mass is 9.80. The first-order valence-electron chi connectivity index (χ1n) is 24.4. The SMILES string of the molecule is CCCC1CCC(/C=C\COC(=O)CCCCCCCCCN(CCCCCCCCCC(=O)OC/C=C\C2CCC(CCC)CC2)C(=O)CCCN(C)C)CC1. The van der Waals surface area contributed by atoms with Crippen LogP contribution in [0.5, 0.6) is 0 Å². The number of esters is 2. The van der Waals surface area contributed by atoms with Crippen LogP contribution >= 0.6 is 0 Å². The number of carbonyl (C=O) groups excluding carboxylic acids is 3. The van der Waals surface area contributed by atoms with E-state index >= 15 is 0 Å². The van der Waals surface area contributed by atoms with E-state index in [1.807, 2.05) is 0 Å². The molecule has 0 aromatic carbocycles. The van der Waals surface area contributed by atoms with Crippen LogP contribution in [-0.4, -0.2) is 74.6 Å². The number of hydrogen-bond acceptors (Lipinski definition) is 6. The Labute approximate surface area is 351 Å². The van der Waals surface area contributed by atoms with Gasteiger partial charge in [0, 0.05) is 32.4 Å². The number of hydrogen-bond donors (Lipinski definition) is 0. The molecule has 0 heterocycles. The molecule has 1 amide bonds. The molecule has 2 aliphatic rings. The Morgan fingerprint density at radius 2 is 0.877 bits per heavy atom. The van der Waals surface area contributed by atoms with Gasteiger partial charge in [-0.15, -0.1) is 0 Å². The maximum absolute atomic E-state index is 13.1. The number of nitrogens with zero attached hydrogens (tertiary/aromatic N) is 2. The van der Waals surface area contributed by atoms with Gasteiger partial charge < -0.3 is 19.3 Å². The highest BCUT2D eigenvalue weighted by Gasteiger charge is 2.20. The molecule has 2 fully saturated rings. The summed E-state index contributed by atoms with van der Waals surface area (Å²) >= 11 is 0. The largest absolute Gasteiger partial charge is 0.461 e. The Hall–Kier alpha value is -2.15. The van der Waals surface area contributed by atoms with Gasteiger partial charge in [-0.05, 0) is 128 Å². The normalized spacial score (nSPS) is 20.1. The van der Waals surface area contributed by atoms with Crippen LogP contribution in [0.15, 0.2) is 24.3 Å². The Morgan fingerprint density at radius 3 is 1.26 bits per heavy atom. The Morgan fingerprint density at radius 1 is 0.491 bits per heavy atom. The predicted octanol–water partition coefficient (Wildman–Crippen LogP) is 12.8. The van der Waals surface area contributed by atoms with Gasteiger partial charge in [-0.25, -0.2) is 0 Å². The number of ether oxygens (including phenoxy) is 2. The van der Waals surface area contributed by atoms with Crippen LogP contribution in [0.25, 0.3) is 0 Å². The predicted molar refractivity (Wildman–Crippen MR) is 239 cm³/mol. The molecule has 0 aromatic rings. The van der Waals surface area contributed by atoms with Crippen molar-refractivity contribution in [3.05, 3.63) is 24.3 Å². The van der Waals surface area contributed by atoms with Crippen LogP contribution < -0.4 is 0 Å². The van der Waals surface area contributed by atoms with Gasteiger partial charge in [0.2, 0.25) is 5.91 Å². The number of unbranched alkanes of at least 4 members (excludes halogenated alkanes) is 12. The van der Waals surface area contributed by atoms with Crippen molar-refractivity contribution in [2.45, 2.75) is 206 Å². The van der Waals surface area contributed by atoms with Crippen LogP contribution in [0.3, 0.4) is 0 Å². The summed E-state index contributed by atoms with van der Waals surface area (Å²) in [6, 6.07) is 0. The van der Waals surface area contributed by atoms with Crippen molar-refractivity contribution in [1.29, 1.82) is 0 Å². The van der Waals surface area contributed by atoms with E-state index in [4.69, 9.17) is 9.47 Å². The molecule has 57 heavy (non-hydrogen) atoms. The van der Waals surface area contributed by atoms with Crippen molar-refractivity contribution in [3.63, 3.8) is 0 Å². The summed E-state index contributed by atoms with van der Waals surface area (Å²) in [6.07, 6.45) is 42.6. The minimum absolute atomic E-state index is 0.0657. The molecule has 0 N–H and O–H groups in total. The summed E-state index contributed by atoms with van der Waals surface area (Å²) in [5.74, 6) is 3.36. The molecule has 2 saturated carbocycles. The van der Waals surface area contributed by atoms with Crippen LogP contribution in [0, 0.1) is 23.7 Å². The lowest BCUT2D eigenvalue weighted by Gasteiger charge is -2.26. The van der Waals surface area contributed by atoms with E-state index in [-0.39, 0.29) is 11.9 Å². The van der Waals surface area contributed by atoms with E-state index in [9.17, 15) is 14.4 Å². The van der Waals surface area contributed by atoms with E-state index in [1.165, 1.54) is 103 Å². The van der Waals surface area contributed by atoms with Crippen LogP contribution in [0.1, 0.15) is 206 Å². The average molecular weight is 799 g/mol. The van der Waals surface area contributed by atoms with Crippen molar-refractivity contribution < 1.29 is 23.9 Å². The first-order valence-corrected chi connectivity index (χ1v) is 24.4. The lowest BCUT2D eigenvalue weighted by molar-refractivity contribution is -0.143. The van der Waals surface area contributed by atoms with Gasteiger partial charge in [-0.3, -0.25) is 14.4 Å². The van der Waals surface area contributed by atoms with Crippen LogP contribution in [0.2, 0.25) is 0 Å². The smallest absolute Gasteiger partial charge is 0.306 e. The molecule has 0 saturated heterocycles. The van der Waals surface area contributed by atoms with Gasteiger partial charge in [0.05, 0.1) is 0 Å². The molecule has 0 unspecified atom stereocenters. The summed E-state index contributed by atoms with van der Waals surface area (Å²) in [4.78, 5) is 41.7. The zero-order valence-electron chi connectivity index (χ0n) is 37.8. The standard InChI is InChI=1S/C50H90N2O5/c1-5-24-44-31-35-46(36-32-44)26-22-42-56-49(54)29-17-13-9-7-11-15-19-40-52(48(53)28-21-39-51(3)4)41-20-16-12-8-10-14-18-30-50(55)57-43-23-27-47-37-33-45(25-6-2)34-38-47/h22-23,26-27,44-47H,5-21,24-25,28-43H2,1-4H3/b26-22-,27-23-. The first-order chi connectivity index (χ1) is 27.8. The van der Waals surface area contributed by atoms with Gasteiger partial charge in [-0.1, -0.05) is 128 Å². The fourth-order valence-corrected chi connectivity index (χ4v) is 9.06. The van der Waals surface area contributed by atoms with E-state index < -0.39 is 0 Å². The van der Waals surface area contributed by atoms with E-state index in [0.717, 1.165) is 102 Å². The lowest BCUT2D eigenvalue weighted by Crippen LogP contribution is -2.33. The van der Waals surface area contributed by atoms with Crippen molar-refractivity contribution >= 4 is 17.8 Å². The quantitative estimate of drug-likeness (QED) is 0.0367. The Balaban J connectivity index is 1.46. The summed E-state index contributed by atoms with van der Waals surface area (Å²) in [5.41, 5.74) is 0. The number of amides is 1. The molecule has 0 radical (unpaired) electrons. The van der Waals surface area contributed by atoms with Crippen LogP contribution in [-0.2, 0) is 23.9 Å². The molecule has 0 aromatic heterocycles. The zero-order valence-corrected chi connectivity index (χ0v) is 37.8. The highest BCUT2D eigenvalue weighted by atomic mass is 16.5. The molecule has 0 bridgehead atoms. The Kier molecular flexibility index (Phi) is 31.0. The van der Waals surface area contributed by atoms with E-state index in [0.29, 0.717) is 50.2 Å². The highest BCUT2D eigenvalue weighted by Crippen LogP contribution is 2.33. The fourth-order valence-electron chi connectivity index (χ4n) is 9.06. The Bertz CT molecular complexity index is 987. The second-order valence-electron chi connectivity index (χ2n) is 18.1. The van der Waals surface area contributed by atoms with Gasteiger partial charge in [-0.2, -0.15) is 0 Å². The first kappa shape index (κ1) is 51.0. The third-order valence-electron chi connectivity index (χ3n) is 12.6. The molecular weight excluding hydrogens is 709 g/mol. The highest BCUT2D eigenvalue weighted by molar-refractivity contribution is 5.76. The zero-order chi connectivity index (χ0) is 41.2. The van der Waals surface area contributed by atoms with Gasteiger partial charge in [0.25, 0.3) is 0 Å². The average Bonchev–Trinajstić information content (AvgIpc) is 3.20. The fraction of sp³-hybridized carbons (Fsp3) is 0.860. The molecular formula is C50H90N2O5. The third-order valence-corrected chi connectivity index (χ3v) is 12.6. The summed E-state index contributed by atoms with van der Waals surface area (Å²) in [5, 5.41) is 0. The number of carbonyl (C=O) groups is 3. The maximum atomic E-state index is 13.1. The molecule has 2 rings (SSSR count). The number of rotatable bonds is 34. The molecule has 330 valence electrons. The molecule has 7 nitrogen and oxygen atoms in total. The molecule has 2 aliphatic carbocycles. The molecule has 0 aliphatic heterocycles. The summed E-state index contributed by atoms with van der Waals surface area (Å²) in [6.45, 7) is 8.09. The third kappa shape index (κ3) is 28.0. The van der Waals surface area contributed by atoms with E-state index in [2.05, 4.69) is 62.0 Å². The summed E-state index contributed by atoms with van der Waals surface area (Å²) in [7, 11) is 4.13.